The molecule has 0 aliphatic rings. The Kier molecular flexibility index (Phi) is 7.67. The van der Waals surface area contributed by atoms with Gasteiger partial charge in [-0.05, 0) is 51.0 Å². The van der Waals surface area contributed by atoms with E-state index in [2.05, 4.69) is 15.9 Å². The molecule has 0 atom stereocenters. The predicted molar refractivity (Wildman–Crippen MR) is 86.8 cm³/mol. The van der Waals surface area contributed by atoms with Crippen molar-refractivity contribution in [3.05, 3.63) is 29.8 Å². The number of nitrogens with zero attached hydrogens (tertiary/aromatic N) is 1. The Morgan fingerprint density at radius 1 is 1.20 bits per heavy atom. The van der Waals surface area contributed by atoms with Gasteiger partial charge in [0.1, 0.15) is 5.75 Å². The van der Waals surface area contributed by atoms with Gasteiger partial charge in [-0.1, -0.05) is 22.4 Å². The zero-order valence-electron chi connectivity index (χ0n) is 12.6. The van der Waals surface area contributed by atoms with Crippen molar-refractivity contribution in [3.63, 3.8) is 0 Å². The third-order valence-corrected chi connectivity index (χ3v) is 3.51. The summed E-state index contributed by atoms with van der Waals surface area (Å²) in [5.74, 6) is 0.872. The number of carbonyl (C=O) groups excluding carboxylic acids is 1. The number of ether oxygens (including phenoxy) is 1. The van der Waals surface area contributed by atoms with Gasteiger partial charge in [0, 0.05) is 24.5 Å². The first kappa shape index (κ1) is 17.0. The van der Waals surface area contributed by atoms with Gasteiger partial charge in [0.15, 0.2) is 0 Å². The fourth-order valence-electron chi connectivity index (χ4n) is 1.89. The molecule has 4 heteroatoms. The SMILES string of the molecule is CC(C)Oc1ccc(C(=O)N(C)CCCCCBr)cc1. The molecule has 0 radical (unpaired) electrons. The van der Waals surface area contributed by atoms with Crippen molar-refractivity contribution < 1.29 is 9.53 Å². The largest absolute Gasteiger partial charge is 0.491 e. The summed E-state index contributed by atoms with van der Waals surface area (Å²) >= 11 is 3.41. The molecule has 0 heterocycles. The molecule has 112 valence electrons. The summed E-state index contributed by atoms with van der Waals surface area (Å²) in [5.41, 5.74) is 0.712. The second-order valence-corrected chi connectivity index (χ2v) is 5.96. The second kappa shape index (κ2) is 9.01. The van der Waals surface area contributed by atoms with Crippen LogP contribution < -0.4 is 4.74 Å². The molecule has 0 saturated carbocycles. The van der Waals surface area contributed by atoms with Gasteiger partial charge in [0.2, 0.25) is 0 Å². The van der Waals surface area contributed by atoms with E-state index in [1.54, 1.807) is 4.90 Å². The minimum atomic E-state index is 0.0694. The average molecular weight is 342 g/mol. The van der Waals surface area contributed by atoms with E-state index < -0.39 is 0 Å². The minimum absolute atomic E-state index is 0.0694. The Bertz CT molecular complexity index is 403. The van der Waals surface area contributed by atoms with E-state index >= 15 is 0 Å². The van der Waals surface area contributed by atoms with Crippen LogP contribution in [0.15, 0.2) is 24.3 Å². The summed E-state index contributed by atoms with van der Waals surface area (Å²) < 4.78 is 5.57. The van der Waals surface area contributed by atoms with Crippen molar-refractivity contribution in [1.29, 1.82) is 0 Å². The normalized spacial score (nSPS) is 10.7. The third kappa shape index (κ3) is 5.95. The standard InChI is InChI=1S/C16H24BrNO2/c1-13(2)20-15-9-7-14(8-10-15)16(19)18(3)12-6-4-5-11-17/h7-10,13H,4-6,11-12H2,1-3H3. The molecule has 0 fully saturated rings. The number of carbonyl (C=O) groups is 1. The molecular formula is C16H24BrNO2. The third-order valence-electron chi connectivity index (χ3n) is 2.95. The smallest absolute Gasteiger partial charge is 0.253 e. The van der Waals surface area contributed by atoms with Crippen molar-refractivity contribution in [2.75, 3.05) is 18.9 Å². The highest BCUT2D eigenvalue weighted by atomic mass is 79.9. The van der Waals surface area contributed by atoms with E-state index in [9.17, 15) is 4.79 Å². The fourth-order valence-corrected chi connectivity index (χ4v) is 2.29. The Morgan fingerprint density at radius 3 is 2.40 bits per heavy atom. The van der Waals surface area contributed by atoms with Gasteiger partial charge in [0.05, 0.1) is 6.10 Å². The molecular weight excluding hydrogens is 318 g/mol. The van der Waals surface area contributed by atoms with Crippen LogP contribution in [-0.4, -0.2) is 35.8 Å². The van der Waals surface area contributed by atoms with E-state index in [1.165, 1.54) is 0 Å². The highest BCUT2D eigenvalue weighted by Crippen LogP contribution is 2.15. The molecule has 1 rings (SSSR count). The average Bonchev–Trinajstić information content (AvgIpc) is 2.43. The zero-order chi connectivity index (χ0) is 15.0. The lowest BCUT2D eigenvalue weighted by molar-refractivity contribution is 0.0792. The minimum Gasteiger partial charge on any atom is -0.491 e. The van der Waals surface area contributed by atoms with Gasteiger partial charge < -0.3 is 9.64 Å². The Morgan fingerprint density at radius 2 is 1.85 bits per heavy atom. The first-order valence-electron chi connectivity index (χ1n) is 7.12. The summed E-state index contributed by atoms with van der Waals surface area (Å²) in [6, 6.07) is 7.36. The van der Waals surface area contributed by atoms with Crippen molar-refractivity contribution in [2.24, 2.45) is 0 Å². The molecule has 0 aromatic heterocycles. The van der Waals surface area contributed by atoms with Crippen LogP contribution in [0.2, 0.25) is 0 Å². The van der Waals surface area contributed by atoms with Crippen LogP contribution in [0, 0.1) is 0 Å². The molecule has 0 N–H and O–H groups in total. The number of hydrogen-bond acceptors (Lipinski definition) is 2. The topological polar surface area (TPSA) is 29.5 Å². The molecule has 0 spiro atoms. The summed E-state index contributed by atoms with van der Waals surface area (Å²) in [6.07, 6.45) is 3.49. The molecule has 1 aromatic rings. The van der Waals surface area contributed by atoms with Crippen LogP contribution in [0.1, 0.15) is 43.5 Å². The monoisotopic (exact) mass is 341 g/mol. The molecule has 1 aromatic carbocycles. The molecule has 20 heavy (non-hydrogen) atoms. The predicted octanol–water partition coefficient (Wildman–Crippen LogP) is 4.11. The molecule has 0 bridgehead atoms. The lowest BCUT2D eigenvalue weighted by Gasteiger charge is -2.17. The summed E-state index contributed by atoms with van der Waals surface area (Å²) in [7, 11) is 1.86. The highest BCUT2D eigenvalue weighted by Gasteiger charge is 2.11. The van der Waals surface area contributed by atoms with Gasteiger partial charge in [0.25, 0.3) is 5.91 Å². The molecule has 0 unspecified atom stereocenters. The maximum absolute atomic E-state index is 12.2. The number of rotatable bonds is 8. The molecule has 0 aliphatic carbocycles. The van der Waals surface area contributed by atoms with Crippen LogP contribution in [-0.2, 0) is 0 Å². The molecule has 1 amide bonds. The van der Waals surface area contributed by atoms with Gasteiger partial charge in [-0.2, -0.15) is 0 Å². The lowest BCUT2D eigenvalue weighted by atomic mass is 10.2. The van der Waals surface area contributed by atoms with Crippen LogP contribution in [0.25, 0.3) is 0 Å². The van der Waals surface area contributed by atoms with Crippen LogP contribution in [0.4, 0.5) is 0 Å². The van der Waals surface area contributed by atoms with Crippen LogP contribution >= 0.6 is 15.9 Å². The first-order valence-corrected chi connectivity index (χ1v) is 8.25. The van der Waals surface area contributed by atoms with Gasteiger partial charge in [-0.3, -0.25) is 4.79 Å². The number of benzene rings is 1. The Labute approximate surface area is 130 Å². The maximum Gasteiger partial charge on any atom is 0.253 e. The highest BCUT2D eigenvalue weighted by molar-refractivity contribution is 9.09. The maximum atomic E-state index is 12.2. The van der Waals surface area contributed by atoms with E-state index in [1.807, 2.05) is 45.2 Å². The Hall–Kier alpha value is -1.03. The Balaban J connectivity index is 2.49. The quantitative estimate of drug-likeness (QED) is 0.526. The molecule has 0 saturated heterocycles. The van der Waals surface area contributed by atoms with Crippen molar-refractivity contribution >= 4 is 21.8 Å². The van der Waals surface area contributed by atoms with E-state index in [4.69, 9.17) is 4.74 Å². The summed E-state index contributed by atoms with van der Waals surface area (Å²) in [6.45, 7) is 4.77. The lowest BCUT2D eigenvalue weighted by Crippen LogP contribution is -2.27. The first-order chi connectivity index (χ1) is 9.54. The number of hydrogen-bond donors (Lipinski definition) is 0. The van der Waals surface area contributed by atoms with E-state index in [0.29, 0.717) is 5.56 Å². The summed E-state index contributed by atoms with van der Waals surface area (Å²) in [5, 5.41) is 1.03. The van der Waals surface area contributed by atoms with E-state index in [-0.39, 0.29) is 12.0 Å². The molecule has 3 nitrogen and oxygen atoms in total. The van der Waals surface area contributed by atoms with Gasteiger partial charge in [-0.15, -0.1) is 0 Å². The number of unbranched alkanes of at least 4 members (excludes halogenated alkanes) is 2. The van der Waals surface area contributed by atoms with Crippen LogP contribution in [0.3, 0.4) is 0 Å². The zero-order valence-corrected chi connectivity index (χ0v) is 14.1. The molecule has 0 aliphatic heterocycles. The van der Waals surface area contributed by atoms with Crippen molar-refractivity contribution in [2.45, 2.75) is 39.2 Å². The summed E-state index contributed by atoms with van der Waals surface area (Å²) in [4.78, 5) is 14.0. The number of alkyl halides is 1. The number of halogens is 1. The van der Waals surface area contributed by atoms with Gasteiger partial charge in [-0.25, -0.2) is 0 Å². The van der Waals surface area contributed by atoms with Crippen molar-refractivity contribution in [1.82, 2.24) is 4.90 Å². The van der Waals surface area contributed by atoms with Crippen LogP contribution in [0.5, 0.6) is 5.75 Å². The fraction of sp³-hybridized carbons (Fsp3) is 0.562. The number of amides is 1. The van der Waals surface area contributed by atoms with Crippen molar-refractivity contribution in [3.8, 4) is 5.75 Å². The van der Waals surface area contributed by atoms with E-state index in [0.717, 1.165) is 36.9 Å². The van der Waals surface area contributed by atoms with Gasteiger partial charge >= 0.3 is 0 Å². The second-order valence-electron chi connectivity index (χ2n) is 5.17.